The molecule has 0 bridgehead atoms. The second kappa shape index (κ2) is 8.05. The first-order chi connectivity index (χ1) is 10.3. The van der Waals surface area contributed by atoms with Crippen LogP contribution in [0, 0.1) is 0 Å². The maximum atomic E-state index is 5.20. The lowest BCUT2D eigenvalue weighted by atomic mass is 10.0. The molecule has 0 heterocycles. The Bertz CT molecular complexity index is 575. The van der Waals surface area contributed by atoms with Crippen molar-refractivity contribution in [2.45, 2.75) is 18.9 Å². The molecule has 1 unspecified atom stereocenters. The van der Waals surface area contributed by atoms with Gasteiger partial charge in [-0.2, -0.15) is 0 Å². The monoisotopic (exact) mass is 279 g/mol. The highest BCUT2D eigenvalue weighted by atomic mass is 16.5. The minimum Gasteiger partial charge on any atom is -0.502 e. The van der Waals surface area contributed by atoms with Crippen LogP contribution in [0.5, 0.6) is 0 Å². The van der Waals surface area contributed by atoms with E-state index in [-0.39, 0.29) is 6.04 Å². The van der Waals surface area contributed by atoms with E-state index in [9.17, 15) is 0 Å². The van der Waals surface area contributed by atoms with Crippen molar-refractivity contribution in [1.82, 2.24) is 0 Å². The molecule has 0 N–H and O–H groups in total. The lowest BCUT2D eigenvalue weighted by molar-refractivity contribution is 0.272. The lowest BCUT2D eigenvalue weighted by Gasteiger charge is -2.13. The first-order valence-corrected chi connectivity index (χ1v) is 7.12. The fourth-order valence-electron chi connectivity index (χ4n) is 2.14. The summed E-state index contributed by atoms with van der Waals surface area (Å²) in [6.07, 6.45) is 3.54. The molecular weight excluding hydrogens is 258 g/mol. The van der Waals surface area contributed by atoms with E-state index in [0.29, 0.717) is 0 Å². The van der Waals surface area contributed by atoms with E-state index in [0.717, 1.165) is 24.2 Å². The molecule has 0 saturated heterocycles. The fraction of sp³-hybridized carbons (Fsp3) is 0.211. The Morgan fingerprint density at radius 1 is 1.10 bits per heavy atom. The molecule has 0 aliphatic rings. The van der Waals surface area contributed by atoms with Crippen LogP contribution < -0.4 is 0 Å². The third kappa shape index (κ3) is 5.27. The summed E-state index contributed by atoms with van der Waals surface area (Å²) >= 11 is 0. The Labute approximate surface area is 126 Å². The van der Waals surface area contributed by atoms with Crippen LogP contribution in [0.3, 0.4) is 0 Å². The highest BCUT2D eigenvalue weighted by molar-refractivity contribution is 5.79. The maximum absolute atomic E-state index is 5.20. The van der Waals surface area contributed by atoms with Crippen molar-refractivity contribution in [1.29, 1.82) is 0 Å². The average Bonchev–Trinajstić information content (AvgIpc) is 2.54. The van der Waals surface area contributed by atoms with Crippen LogP contribution >= 0.6 is 0 Å². The topological polar surface area (TPSA) is 21.6 Å². The van der Waals surface area contributed by atoms with Gasteiger partial charge in [0.2, 0.25) is 0 Å². The van der Waals surface area contributed by atoms with Crippen molar-refractivity contribution in [3.8, 4) is 0 Å². The Morgan fingerprint density at radius 3 is 2.33 bits per heavy atom. The molecule has 2 nitrogen and oxygen atoms in total. The zero-order valence-electron chi connectivity index (χ0n) is 12.4. The quantitative estimate of drug-likeness (QED) is 0.548. The second-order valence-electron chi connectivity index (χ2n) is 4.98. The van der Waals surface area contributed by atoms with Crippen molar-refractivity contribution in [2.75, 3.05) is 7.11 Å². The maximum Gasteiger partial charge on any atom is 0.0905 e. The van der Waals surface area contributed by atoms with E-state index >= 15 is 0 Å². The molecule has 21 heavy (non-hydrogen) atoms. The molecule has 2 aromatic carbocycles. The van der Waals surface area contributed by atoms with Gasteiger partial charge in [0.1, 0.15) is 0 Å². The molecular formula is C19H21NO. The Kier molecular flexibility index (Phi) is 5.77. The van der Waals surface area contributed by atoms with Gasteiger partial charge in [-0.25, -0.2) is 0 Å². The molecule has 2 heteroatoms. The van der Waals surface area contributed by atoms with Crippen LogP contribution in [0.2, 0.25) is 0 Å². The SMILES string of the molecule is C=C(CC(Cc1ccccc1)N=Cc1ccccc1)OC. The van der Waals surface area contributed by atoms with Crippen LogP contribution in [0.25, 0.3) is 0 Å². The van der Waals surface area contributed by atoms with Crippen LogP contribution in [-0.4, -0.2) is 19.4 Å². The van der Waals surface area contributed by atoms with Crippen molar-refractivity contribution in [3.63, 3.8) is 0 Å². The van der Waals surface area contributed by atoms with Gasteiger partial charge in [0.25, 0.3) is 0 Å². The van der Waals surface area contributed by atoms with Crippen LogP contribution in [0.15, 0.2) is 78.0 Å². The Morgan fingerprint density at radius 2 is 1.71 bits per heavy atom. The van der Waals surface area contributed by atoms with Gasteiger partial charge in [0, 0.05) is 12.6 Å². The highest BCUT2D eigenvalue weighted by Crippen LogP contribution is 2.14. The summed E-state index contributed by atoms with van der Waals surface area (Å²) in [5, 5.41) is 0. The van der Waals surface area contributed by atoms with Crippen molar-refractivity contribution >= 4 is 6.21 Å². The first kappa shape index (κ1) is 15.0. The molecule has 2 aromatic rings. The number of ether oxygens (including phenoxy) is 1. The number of rotatable bonds is 7. The van der Waals surface area contributed by atoms with Crippen LogP contribution in [0.4, 0.5) is 0 Å². The summed E-state index contributed by atoms with van der Waals surface area (Å²) in [6.45, 7) is 3.91. The lowest BCUT2D eigenvalue weighted by Crippen LogP contribution is -2.11. The van der Waals surface area contributed by atoms with Gasteiger partial charge in [-0.1, -0.05) is 67.2 Å². The van der Waals surface area contributed by atoms with Crippen molar-refractivity contribution in [2.24, 2.45) is 4.99 Å². The molecule has 0 amide bonds. The number of hydrogen-bond acceptors (Lipinski definition) is 2. The number of hydrogen-bond donors (Lipinski definition) is 0. The predicted molar refractivity (Wildman–Crippen MR) is 88.7 cm³/mol. The van der Waals surface area contributed by atoms with Gasteiger partial charge < -0.3 is 4.74 Å². The minimum absolute atomic E-state index is 0.139. The minimum atomic E-state index is 0.139. The van der Waals surface area contributed by atoms with Crippen LogP contribution in [0.1, 0.15) is 17.5 Å². The third-order valence-corrected chi connectivity index (χ3v) is 3.30. The molecule has 0 spiro atoms. The molecule has 0 aromatic heterocycles. The predicted octanol–water partition coefficient (Wildman–Crippen LogP) is 4.27. The fourth-order valence-corrected chi connectivity index (χ4v) is 2.14. The average molecular weight is 279 g/mol. The summed E-state index contributed by atoms with van der Waals surface area (Å²) in [7, 11) is 1.66. The van der Waals surface area contributed by atoms with E-state index in [1.165, 1.54) is 5.56 Å². The van der Waals surface area contributed by atoms with E-state index in [1.54, 1.807) is 7.11 Å². The molecule has 1 atom stereocenters. The van der Waals surface area contributed by atoms with Gasteiger partial charge in [0.05, 0.1) is 18.9 Å². The number of nitrogens with zero attached hydrogens (tertiary/aromatic N) is 1. The molecule has 108 valence electrons. The van der Waals surface area contributed by atoms with Crippen LogP contribution in [-0.2, 0) is 11.2 Å². The largest absolute Gasteiger partial charge is 0.502 e. The highest BCUT2D eigenvalue weighted by Gasteiger charge is 2.09. The summed E-state index contributed by atoms with van der Waals surface area (Å²) in [5.74, 6) is 0.765. The van der Waals surface area contributed by atoms with Crippen molar-refractivity contribution in [3.05, 3.63) is 84.1 Å². The molecule has 2 rings (SSSR count). The standard InChI is InChI=1S/C19H21NO/c1-16(21-2)13-19(14-17-9-5-3-6-10-17)20-15-18-11-7-4-8-12-18/h3-12,15,19H,1,13-14H2,2H3. The smallest absolute Gasteiger partial charge is 0.0905 e. The normalized spacial score (nSPS) is 12.2. The first-order valence-electron chi connectivity index (χ1n) is 7.12. The summed E-state index contributed by atoms with van der Waals surface area (Å²) < 4.78 is 5.20. The summed E-state index contributed by atoms with van der Waals surface area (Å²) in [4.78, 5) is 4.71. The summed E-state index contributed by atoms with van der Waals surface area (Å²) in [6, 6.07) is 20.7. The molecule has 0 fully saturated rings. The van der Waals surface area contributed by atoms with Crippen molar-refractivity contribution < 1.29 is 4.74 Å². The summed E-state index contributed by atoms with van der Waals surface area (Å²) in [5.41, 5.74) is 2.38. The van der Waals surface area contributed by atoms with Gasteiger partial charge in [0.15, 0.2) is 0 Å². The van der Waals surface area contributed by atoms with Gasteiger partial charge in [-0.15, -0.1) is 0 Å². The van der Waals surface area contributed by atoms with E-state index in [4.69, 9.17) is 9.73 Å². The molecule has 0 radical (unpaired) electrons. The molecule has 0 aliphatic carbocycles. The number of methoxy groups -OCH3 is 1. The second-order valence-corrected chi connectivity index (χ2v) is 4.98. The van der Waals surface area contributed by atoms with E-state index in [2.05, 4.69) is 30.8 Å². The zero-order valence-corrected chi connectivity index (χ0v) is 12.4. The Hall–Kier alpha value is -2.35. The van der Waals surface area contributed by atoms with Gasteiger partial charge in [-0.3, -0.25) is 4.99 Å². The zero-order chi connectivity index (χ0) is 14.9. The number of benzene rings is 2. The number of aliphatic imine (C=N–C) groups is 1. The third-order valence-electron chi connectivity index (χ3n) is 3.30. The van der Waals surface area contributed by atoms with Gasteiger partial charge in [-0.05, 0) is 17.5 Å². The molecule has 0 aliphatic heterocycles. The van der Waals surface area contributed by atoms with E-state index < -0.39 is 0 Å². The Balaban J connectivity index is 2.08. The molecule has 0 saturated carbocycles. The van der Waals surface area contributed by atoms with Gasteiger partial charge >= 0.3 is 0 Å². The van der Waals surface area contributed by atoms with E-state index in [1.807, 2.05) is 42.6 Å².